The molecule has 0 radical (unpaired) electrons. The average molecular weight is 382 g/mol. The van der Waals surface area contributed by atoms with Gasteiger partial charge in [-0.25, -0.2) is 19.7 Å². The first-order valence-electron chi connectivity index (χ1n) is 9.44. The van der Waals surface area contributed by atoms with Gasteiger partial charge in [0, 0.05) is 31.0 Å². The summed E-state index contributed by atoms with van der Waals surface area (Å²) >= 11 is 1.57. The fourth-order valence-electron chi connectivity index (χ4n) is 3.36. The summed E-state index contributed by atoms with van der Waals surface area (Å²) in [7, 11) is 0. The van der Waals surface area contributed by atoms with Gasteiger partial charge in [-0.3, -0.25) is 4.90 Å². The fraction of sp³-hybridized carbons (Fsp3) is 0.400. The summed E-state index contributed by atoms with van der Waals surface area (Å²) in [6, 6.07) is 6.34. The summed E-state index contributed by atoms with van der Waals surface area (Å²) in [5.74, 6) is 0. The zero-order chi connectivity index (χ0) is 18.6. The number of rotatable bonds is 4. The van der Waals surface area contributed by atoms with E-state index in [1.807, 2.05) is 11.0 Å². The summed E-state index contributed by atoms with van der Waals surface area (Å²) in [6.45, 7) is 4.19. The van der Waals surface area contributed by atoms with E-state index >= 15 is 0 Å². The molecule has 7 heteroatoms. The second-order valence-electron chi connectivity index (χ2n) is 6.82. The van der Waals surface area contributed by atoms with Crippen LogP contribution in [0.25, 0.3) is 10.2 Å². The van der Waals surface area contributed by atoms with Crippen LogP contribution in [0.3, 0.4) is 0 Å². The Bertz CT molecular complexity index is 921. The number of urea groups is 1. The van der Waals surface area contributed by atoms with E-state index in [-0.39, 0.29) is 6.03 Å². The molecule has 1 aliphatic rings. The number of carbonyl (C=O) groups is 1. The maximum absolute atomic E-state index is 13.3. The highest BCUT2D eigenvalue weighted by Crippen LogP contribution is 2.31. The van der Waals surface area contributed by atoms with Crippen molar-refractivity contribution in [3.63, 3.8) is 0 Å². The van der Waals surface area contributed by atoms with Gasteiger partial charge in [0.25, 0.3) is 0 Å². The number of anilines is 1. The number of likely N-dealkylation sites (tertiary alicyclic amines) is 1. The largest absolute Gasteiger partial charge is 0.326 e. The zero-order valence-corrected chi connectivity index (χ0v) is 16.3. The Balaban J connectivity index is 1.69. The van der Waals surface area contributed by atoms with Crippen molar-refractivity contribution in [1.82, 2.24) is 19.9 Å². The van der Waals surface area contributed by atoms with Gasteiger partial charge in [-0.15, -0.1) is 0 Å². The third-order valence-corrected chi connectivity index (χ3v) is 5.93. The molecule has 0 unspecified atom stereocenters. The molecule has 4 rings (SSSR count). The minimum absolute atomic E-state index is 0.0216. The van der Waals surface area contributed by atoms with Crippen LogP contribution in [-0.2, 0) is 13.0 Å². The lowest BCUT2D eigenvalue weighted by molar-refractivity contribution is 0.192. The highest BCUT2D eigenvalue weighted by Gasteiger charge is 2.26. The average Bonchev–Trinajstić information content (AvgIpc) is 3.15. The molecule has 1 aliphatic heterocycles. The summed E-state index contributed by atoms with van der Waals surface area (Å²) in [5.41, 5.74) is 3.12. The molecule has 1 saturated heterocycles. The van der Waals surface area contributed by atoms with E-state index in [4.69, 9.17) is 4.98 Å². The first kappa shape index (κ1) is 17.9. The Kier molecular flexibility index (Phi) is 5.29. The first-order chi connectivity index (χ1) is 13.2. The number of benzene rings is 1. The first-order valence-corrected chi connectivity index (χ1v) is 10.3. The molecular formula is C20H23N5OS. The van der Waals surface area contributed by atoms with E-state index in [0.29, 0.717) is 6.54 Å². The fourth-order valence-corrected chi connectivity index (χ4v) is 4.38. The number of aromatic nitrogens is 3. The Morgan fingerprint density at radius 2 is 1.93 bits per heavy atom. The van der Waals surface area contributed by atoms with Crippen molar-refractivity contribution in [1.29, 1.82) is 0 Å². The molecule has 3 aromatic rings. The summed E-state index contributed by atoms with van der Waals surface area (Å²) in [4.78, 5) is 29.9. The van der Waals surface area contributed by atoms with Crippen LogP contribution in [0, 0.1) is 0 Å². The van der Waals surface area contributed by atoms with Gasteiger partial charge < -0.3 is 4.90 Å². The topological polar surface area (TPSA) is 62.2 Å². The SMILES string of the molecule is CCc1ccc2nc(N(Cc3cncnc3)C(=O)N3CCCCC3)sc2c1. The summed E-state index contributed by atoms with van der Waals surface area (Å²) in [6.07, 6.45) is 9.32. The quantitative estimate of drug-likeness (QED) is 0.677. The molecule has 2 aromatic heterocycles. The molecule has 0 spiro atoms. The van der Waals surface area contributed by atoms with Gasteiger partial charge in [-0.2, -0.15) is 0 Å². The number of amides is 2. The van der Waals surface area contributed by atoms with Crippen LogP contribution >= 0.6 is 11.3 Å². The lowest BCUT2D eigenvalue weighted by atomic mass is 10.1. The van der Waals surface area contributed by atoms with Crippen LogP contribution in [0.5, 0.6) is 0 Å². The number of hydrogen-bond donors (Lipinski definition) is 0. The van der Waals surface area contributed by atoms with Gasteiger partial charge in [-0.1, -0.05) is 24.3 Å². The van der Waals surface area contributed by atoms with E-state index < -0.39 is 0 Å². The summed E-state index contributed by atoms with van der Waals surface area (Å²) in [5, 5.41) is 0.734. The molecule has 140 valence electrons. The van der Waals surface area contributed by atoms with Crippen LogP contribution in [-0.4, -0.2) is 39.0 Å². The molecule has 0 bridgehead atoms. The monoisotopic (exact) mass is 381 g/mol. The Hall–Kier alpha value is -2.54. The lowest BCUT2D eigenvalue weighted by Gasteiger charge is -2.31. The van der Waals surface area contributed by atoms with E-state index in [0.717, 1.165) is 53.3 Å². The van der Waals surface area contributed by atoms with Crippen LogP contribution in [0.1, 0.15) is 37.3 Å². The second-order valence-corrected chi connectivity index (χ2v) is 7.82. The maximum atomic E-state index is 13.3. The van der Waals surface area contributed by atoms with Crippen molar-refractivity contribution < 1.29 is 4.79 Å². The molecule has 0 saturated carbocycles. The number of thiazole rings is 1. The van der Waals surface area contributed by atoms with E-state index in [1.54, 1.807) is 28.6 Å². The van der Waals surface area contributed by atoms with Crippen molar-refractivity contribution >= 4 is 32.7 Å². The minimum atomic E-state index is 0.0216. The van der Waals surface area contributed by atoms with Gasteiger partial charge in [0.05, 0.1) is 16.8 Å². The maximum Gasteiger partial charge on any atom is 0.326 e. The Morgan fingerprint density at radius 3 is 2.67 bits per heavy atom. The molecule has 2 amide bonds. The molecule has 6 nitrogen and oxygen atoms in total. The Labute approximate surface area is 162 Å². The van der Waals surface area contributed by atoms with Crippen molar-refractivity contribution in [3.8, 4) is 0 Å². The van der Waals surface area contributed by atoms with Crippen molar-refractivity contribution in [3.05, 3.63) is 48.0 Å². The molecule has 1 aromatic carbocycles. The number of fused-ring (bicyclic) bond motifs is 1. The van der Waals surface area contributed by atoms with Crippen LogP contribution in [0.4, 0.5) is 9.93 Å². The molecular weight excluding hydrogens is 358 g/mol. The van der Waals surface area contributed by atoms with Crippen LogP contribution < -0.4 is 4.90 Å². The number of hydrogen-bond acceptors (Lipinski definition) is 5. The van der Waals surface area contributed by atoms with Gasteiger partial charge in [0.2, 0.25) is 0 Å². The highest BCUT2D eigenvalue weighted by atomic mass is 32.1. The van der Waals surface area contributed by atoms with Crippen LogP contribution in [0.15, 0.2) is 36.9 Å². The van der Waals surface area contributed by atoms with Crippen molar-refractivity contribution in [2.24, 2.45) is 0 Å². The van der Waals surface area contributed by atoms with Gasteiger partial charge in [-0.05, 0) is 43.4 Å². The van der Waals surface area contributed by atoms with E-state index in [2.05, 4.69) is 29.0 Å². The zero-order valence-electron chi connectivity index (χ0n) is 15.5. The number of piperidine rings is 1. The molecule has 0 atom stereocenters. The van der Waals surface area contributed by atoms with Crippen molar-refractivity contribution in [2.45, 2.75) is 39.2 Å². The normalized spacial score (nSPS) is 14.5. The number of carbonyl (C=O) groups excluding carboxylic acids is 1. The number of aryl methyl sites for hydroxylation is 1. The molecule has 0 aliphatic carbocycles. The molecule has 3 heterocycles. The van der Waals surface area contributed by atoms with Gasteiger partial charge >= 0.3 is 6.03 Å². The van der Waals surface area contributed by atoms with E-state index in [9.17, 15) is 4.79 Å². The Morgan fingerprint density at radius 1 is 1.15 bits per heavy atom. The minimum Gasteiger partial charge on any atom is -0.324 e. The van der Waals surface area contributed by atoms with Gasteiger partial charge in [0.1, 0.15) is 6.33 Å². The standard InChI is InChI=1S/C20H23N5OS/c1-2-15-6-7-17-18(10-15)27-19(23-17)25(13-16-11-21-14-22-12-16)20(26)24-8-4-3-5-9-24/h6-7,10-12,14H,2-5,8-9,13H2,1H3. The smallest absolute Gasteiger partial charge is 0.324 e. The second kappa shape index (κ2) is 8.00. The predicted molar refractivity (Wildman–Crippen MR) is 108 cm³/mol. The van der Waals surface area contributed by atoms with E-state index in [1.165, 1.54) is 18.3 Å². The molecule has 27 heavy (non-hydrogen) atoms. The number of nitrogens with zero attached hydrogens (tertiary/aromatic N) is 5. The predicted octanol–water partition coefficient (Wildman–Crippen LogP) is 4.26. The summed E-state index contributed by atoms with van der Waals surface area (Å²) < 4.78 is 1.12. The molecule has 1 fully saturated rings. The lowest BCUT2D eigenvalue weighted by Crippen LogP contribution is -2.45. The third kappa shape index (κ3) is 3.93. The van der Waals surface area contributed by atoms with Gasteiger partial charge in [0.15, 0.2) is 5.13 Å². The highest BCUT2D eigenvalue weighted by molar-refractivity contribution is 7.22. The third-order valence-electron chi connectivity index (χ3n) is 4.89. The van der Waals surface area contributed by atoms with Crippen molar-refractivity contribution in [2.75, 3.05) is 18.0 Å². The molecule has 0 N–H and O–H groups in total. The van der Waals surface area contributed by atoms with Crippen LogP contribution in [0.2, 0.25) is 0 Å².